The molecule has 2 atom stereocenters. The summed E-state index contributed by atoms with van der Waals surface area (Å²) in [5.74, 6) is -0.0232. The third kappa shape index (κ3) is 2.33. The van der Waals surface area contributed by atoms with Crippen LogP contribution in [0.1, 0.15) is 24.4 Å². The SMILES string of the molecule is CN1OC2(CC2)[C@@H]2CN(S(=O)(=O)c3ccccc3[N+](=O)[O-])c3ccccc3[C@@H]21. The molecule has 2 aliphatic heterocycles. The Balaban J connectivity index is 1.68. The highest BCUT2D eigenvalue weighted by Gasteiger charge is 2.63. The molecular weight excluding hydrogens is 382 g/mol. The standard InChI is InChI=1S/C19H19N3O5S/c1-20-18-13-6-2-3-7-15(13)21(12-14(18)19(27-20)10-11-19)28(25,26)17-9-5-4-8-16(17)22(23)24/h2-9,14,18H,10-12H2,1H3/t14-,18+/m1/s1. The van der Waals surface area contributed by atoms with Crippen molar-refractivity contribution in [3.63, 3.8) is 0 Å². The van der Waals surface area contributed by atoms with E-state index in [1.165, 1.54) is 28.6 Å². The third-order valence-corrected chi connectivity index (χ3v) is 7.86. The quantitative estimate of drug-likeness (QED) is 0.580. The van der Waals surface area contributed by atoms with Crippen molar-refractivity contribution in [1.29, 1.82) is 0 Å². The van der Waals surface area contributed by atoms with Gasteiger partial charge in [-0.1, -0.05) is 30.3 Å². The molecule has 9 heteroatoms. The average molecular weight is 401 g/mol. The molecule has 3 aliphatic rings. The van der Waals surface area contributed by atoms with Crippen molar-refractivity contribution >= 4 is 21.4 Å². The number of nitrogens with zero attached hydrogens (tertiary/aromatic N) is 3. The highest BCUT2D eigenvalue weighted by molar-refractivity contribution is 7.93. The lowest BCUT2D eigenvalue weighted by atomic mass is 9.84. The van der Waals surface area contributed by atoms with Crippen LogP contribution >= 0.6 is 0 Å². The summed E-state index contributed by atoms with van der Waals surface area (Å²) in [6.07, 6.45) is 1.78. The number of hydrogen-bond donors (Lipinski definition) is 0. The van der Waals surface area contributed by atoms with E-state index < -0.39 is 20.6 Å². The molecule has 1 aliphatic carbocycles. The van der Waals surface area contributed by atoms with E-state index in [4.69, 9.17) is 4.84 Å². The smallest absolute Gasteiger partial charge is 0.289 e. The molecule has 0 bridgehead atoms. The zero-order valence-electron chi connectivity index (χ0n) is 15.2. The summed E-state index contributed by atoms with van der Waals surface area (Å²) in [7, 11) is -2.23. The van der Waals surface area contributed by atoms with Gasteiger partial charge < -0.3 is 0 Å². The predicted molar refractivity (Wildman–Crippen MR) is 101 cm³/mol. The molecule has 0 aromatic heterocycles. The Bertz CT molecular complexity index is 1080. The van der Waals surface area contributed by atoms with E-state index in [9.17, 15) is 18.5 Å². The summed E-state index contributed by atoms with van der Waals surface area (Å²) in [6.45, 7) is 0.237. The van der Waals surface area contributed by atoms with Crippen LogP contribution < -0.4 is 4.31 Å². The van der Waals surface area contributed by atoms with Crippen molar-refractivity contribution in [2.75, 3.05) is 17.9 Å². The van der Waals surface area contributed by atoms with Crippen LogP contribution in [0.2, 0.25) is 0 Å². The second kappa shape index (κ2) is 5.76. The highest BCUT2D eigenvalue weighted by Crippen LogP contribution is 2.61. The Kier molecular flexibility index (Phi) is 3.62. The Labute approximate surface area is 162 Å². The number of para-hydroxylation sites is 2. The average Bonchev–Trinajstić information content (AvgIpc) is 3.40. The van der Waals surface area contributed by atoms with Crippen LogP contribution in [0.15, 0.2) is 53.4 Å². The first kappa shape index (κ1) is 17.6. The molecule has 2 heterocycles. The minimum atomic E-state index is -4.11. The van der Waals surface area contributed by atoms with E-state index in [1.54, 1.807) is 12.1 Å². The van der Waals surface area contributed by atoms with Crippen molar-refractivity contribution < 1.29 is 18.2 Å². The van der Waals surface area contributed by atoms with Crippen LogP contribution in [-0.4, -0.2) is 37.6 Å². The second-order valence-corrected chi connectivity index (χ2v) is 9.40. The molecule has 1 saturated carbocycles. The van der Waals surface area contributed by atoms with Crippen molar-refractivity contribution in [2.45, 2.75) is 29.4 Å². The number of nitro groups is 1. The Morgan fingerprint density at radius 2 is 1.82 bits per heavy atom. The van der Waals surface area contributed by atoms with Gasteiger partial charge in [-0.05, 0) is 30.5 Å². The first-order valence-electron chi connectivity index (χ1n) is 9.12. The number of hydroxylamine groups is 2. The normalized spacial score (nSPS) is 25.4. The van der Waals surface area contributed by atoms with Crippen molar-refractivity contribution in [3.05, 3.63) is 64.2 Å². The van der Waals surface area contributed by atoms with Crippen LogP contribution in [0, 0.1) is 16.0 Å². The summed E-state index contributed by atoms with van der Waals surface area (Å²) in [5, 5.41) is 13.3. The van der Waals surface area contributed by atoms with Gasteiger partial charge in [0, 0.05) is 25.6 Å². The van der Waals surface area contributed by atoms with Gasteiger partial charge in [0.25, 0.3) is 15.7 Å². The topological polar surface area (TPSA) is 93.0 Å². The largest absolute Gasteiger partial charge is 0.292 e. The number of anilines is 1. The van der Waals surface area contributed by atoms with Gasteiger partial charge in [0.15, 0.2) is 4.90 Å². The van der Waals surface area contributed by atoms with E-state index in [-0.39, 0.29) is 29.0 Å². The van der Waals surface area contributed by atoms with Crippen LogP contribution in [-0.2, 0) is 14.9 Å². The number of rotatable bonds is 3. The van der Waals surface area contributed by atoms with E-state index in [2.05, 4.69) is 0 Å². The number of nitro benzene ring substituents is 1. The monoisotopic (exact) mass is 401 g/mol. The van der Waals surface area contributed by atoms with Crippen LogP contribution in [0.25, 0.3) is 0 Å². The molecule has 2 fully saturated rings. The highest BCUT2D eigenvalue weighted by atomic mass is 32.2. The maximum Gasteiger partial charge on any atom is 0.289 e. The maximum absolute atomic E-state index is 13.5. The molecule has 1 saturated heterocycles. The van der Waals surface area contributed by atoms with Crippen molar-refractivity contribution in [2.24, 2.45) is 5.92 Å². The molecule has 0 N–H and O–H groups in total. The molecule has 8 nitrogen and oxygen atoms in total. The molecular formula is C19H19N3O5S. The van der Waals surface area contributed by atoms with Crippen LogP contribution in [0.5, 0.6) is 0 Å². The molecule has 146 valence electrons. The summed E-state index contributed by atoms with van der Waals surface area (Å²) in [6, 6.07) is 12.8. The third-order valence-electron chi connectivity index (χ3n) is 6.03. The minimum Gasteiger partial charge on any atom is -0.292 e. The molecule has 5 rings (SSSR count). The maximum atomic E-state index is 13.5. The lowest BCUT2D eigenvalue weighted by molar-refractivity contribution is -0.387. The number of hydrogen-bond acceptors (Lipinski definition) is 6. The van der Waals surface area contributed by atoms with Gasteiger partial charge in [0.05, 0.1) is 22.3 Å². The fourth-order valence-corrected chi connectivity index (χ4v) is 6.31. The van der Waals surface area contributed by atoms with Crippen molar-refractivity contribution in [3.8, 4) is 0 Å². The predicted octanol–water partition coefficient (Wildman–Crippen LogP) is 2.87. The van der Waals surface area contributed by atoms with Gasteiger partial charge in [-0.15, -0.1) is 0 Å². The zero-order valence-corrected chi connectivity index (χ0v) is 16.0. The fourth-order valence-electron chi connectivity index (χ4n) is 4.63. The van der Waals surface area contributed by atoms with E-state index in [1.807, 2.05) is 24.2 Å². The van der Waals surface area contributed by atoms with E-state index in [0.29, 0.717) is 5.69 Å². The molecule has 2 aromatic carbocycles. The van der Waals surface area contributed by atoms with Gasteiger partial charge in [-0.3, -0.25) is 19.3 Å². The number of sulfonamides is 1. The Morgan fingerprint density at radius 1 is 1.14 bits per heavy atom. The van der Waals surface area contributed by atoms with Crippen LogP contribution in [0.3, 0.4) is 0 Å². The Hall–Kier alpha value is -2.49. The molecule has 2 aromatic rings. The zero-order chi connectivity index (χ0) is 19.7. The first-order chi connectivity index (χ1) is 13.3. The lowest BCUT2D eigenvalue weighted by Crippen LogP contribution is -2.44. The lowest BCUT2D eigenvalue weighted by Gasteiger charge is -2.38. The summed E-state index contributed by atoms with van der Waals surface area (Å²) in [4.78, 5) is 16.6. The van der Waals surface area contributed by atoms with Gasteiger partial charge in [0.2, 0.25) is 0 Å². The molecule has 28 heavy (non-hydrogen) atoms. The summed E-state index contributed by atoms with van der Waals surface area (Å²) >= 11 is 0. The fraction of sp³-hybridized carbons (Fsp3) is 0.368. The first-order valence-corrected chi connectivity index (χ1v) is 10.6. The van der Waals surface area contributed by atoms with Crippen molar-refractivity contribution in [1.82, 2.24) is 5.06 Å². The number of fused-ring (bicyclic) bond motifs is 4. The second-order valence-electron chi connectivity index (χ2n) is 7.57. The summed E-state index contributed by atoms with van der Waals surface area (Å²) in [5.41, 5.74) is 0.675. The molecule has 0 radical (unpaired) electrons. The minimum absolute atomic E-state index is 0.0232. The summed E-state index contributed by atoms with van der Waals surface area (Å²) < 4.78 is 28.4. The van der Waals surface area contributed by atoms with Crippen LogP contribution in [0.4, 0.5) is 11.4 Å². The molecule has 0 unspecified atom stereocenters. The molecule has 1 spiro atoms. The van der Waals surface area contributed by atoms with Gasteiger partial charge >= 0.3 is 0 Å². The Morgan fingerprint density at radius 3 is 2.54 bits per heavy atom. The van der Waals surface area contributed by atoms with Gasteiger partial charge in [-0.2, -0.15) is 5.06 Å². The van der Waals surface area contributed by atoms with Gasteiger partial charge in [-0.25, -0.2) is 8.42 Å². The van der Waals surface area contributed by atoms with E-state index >= 15 is 0 Å². The number of benzene rings is 2. The van der Waals surface area contributed by atoms with E-state index in [0.717, 1.165) is 18.4 Å². The molecule has 0 amide bonds. The van der Waals surface area contributed by atoms with Gasteiger partial charge in [0.1, 0.15) is 0 Å².